The van der Waals surface area contributed by atoms with E-state index in [4.69, 9.17) is 9.47 Å². The molecule has 4 rings (SSSR count). The molecule has 146 valence electrons. The number of aromatic nitrogens is 3. The Bertz CT molecular complexity index is 1180. The Hall–Kier alpha value is -3.87. The molecule has 0 spiro atoms. The van der Waals surface area contributed by atoms with Gasteiger partial charge in [-0.1, -0.05) is 48.5 Å². The smallest absolute Gasteiger partial charge is 0.356 e. The highest BCUT2D eigenvalue weighted by molar-refractivity contribution is 5.88. The van der Waals surface area contributed by atoms with Crippen molar-refractivity contribution in [1.29, 1.82) is 0 Å². The number of carbonyl (C=O) groups is 1. The average Bonchev–Trinajstić information content (AvgIpc) is 3.19. The topological polar surface area (TPSA) is 85.7 Å². The van der Waals surface area contributed by atoms with Crippen molar-refractivity contribution >= 4 is 11.6 Å². The molecule has 2 aromatic heterocycles. The number of nitrogens with one attached hydrogen (secondary N) is 1. The number of benzene rings is 2. The standard InChI is InChI=1S/C22H19N3O4/c1-15(14-28-17-10-6-3-7-11-17)29-22(27)19-12-20-23-18(13-21(26)25(20)24-19)16-8-4-2-5-9-16/h2-13,15,24H,14H2,1H3. The molecule has 29 heavy (non-hydrogen) atoms. The van der Waals surface area contributed by atoms with E-state index in [1.54, 1.807) is 6.92 Å². The fraction of sp³-hybridized carbons (Fsp3) is 0.136. The maximum atomic E-state index is 12.5. The van der Waals surface area contributed by atoms with Gasteiger partial charge in [0.05, 0.1) is 5.69 Å². The number of hydrogen-bond acceptors (Lipinski definition) is 5. The van der Waals surface area contributed by atoms with E-state index in [-0.39, 0.29) is 17.9 Å². The Labute approximate surface area is 166 Å². The van der Waals surface area contributed by atoms with Crippen LogP contribution in [0.25, 0.3) is 16.9 Å². The molecule has 0 amide bonds. The second kappa shape index (κ2) is 8.02. The summed E-state index contributed by atoms with van der Waals surface area (Å²) in [6, 6.07) is 21.6. The van der Waals surface area contributed by atoms with Gasteiger partial charge >= 0.3 is 5.97 Å². The number of fused-ring (bicyclic) bond motifs is 1. The molecule has 7 heteroatoms. The van der Waals surface area contributed by atoms with Crippen LogP contribution < -0.4 is 10.3 Å². The number of esters is 1. The summed E-state index contributed by atoms with van der Waals surface area (Å²) in [6.07, 6.45) is -0.473. The lowest BCUT2D eigenvalue weighted by Gasteiger charge is -2.13. The van der Waals surface area contributed by atoms with Crippen molar-refractivity contribution in [2.24, 2.45) is 0 Å². The molecule has 0 bridgehead atoms. The number of para-hydroxylation sites is 1. The van der Waals surface area contributed by atoms with Gasteiger partial charge in [0.15, 0.2) is 5.65 Å². The van der Waals surface area contributed by atoms with E-state index in [9.17, 15) is 9.59 Å². The van der Waals surface area contributed by atoms with Crippen molar-refractivity contribution in [3.05, 3.63) is 88.8 Å². The maximum absolute atomic E-state index is 12.5. The normalized spacial score (nSPS) is 11.9. The van der Waals surface area contributed by atoms with Gasteiger partial charge in [-0.05, 0) is 19.1 Å². The van der Waals surface area contributed by atoms with Gasteiger partial charge in [0.25, 0.3) is 5.56 Å². The zero-order valence-electron chi connectivity index (χ0n) is 15.7. The summed E-state index contributed by atoms with van der Waals surface area (Å²) in [6.45, 7) is 1.95. The van der Waals surface area contributed by atoms with Crippen LogP contribution in [-0.4, -0.2) is 33.3 Å². The molecule has 0 saturated carbocycles. The molecule has 0 saturated heterocycles. The molecule has 1 N–H and O–H groups in total. The van der Waals surface area contributed by atoms with Crippen LogP contribution in [0.3, 0.4) is 0 Å². The molecule has 0 aliphatic heterocycles. The largest absolute Gasteiger partial charge is 0.490 e. The predicted molar refractivity (Wildman–Crippen MR) is 108 cm³/mol. The SMILES string of the molecule is CC(COc1ccccc1)OC(=O)c1cc2nc(-c3ccccc3)cc(=O)n2[nH]1. The lowest BCUT2D eigenvalue weighted by Crippen LogP contribution is -2.22. The van der Waals surface area contributed by atoms with Crippen molar-refractivity contribution in [2.75, 3.05) is 6.61 Å². The molecule has 0 aliphatic rings. The van der Waals surface area contributed by atoms with Gasteiger partial charge in [-0.3, -0.25) is 9.89 Å². The zero-order chi connectivity index (χ0) is 20.2. The van der Waals surface area contributed by atoms with Gasteiger partial charge < -0.3 is 9.47 Å². The van der Waals surface area contributed by atoms with E-state index in [0.29, 0.717) is 17.1 Å². The Kier molecular flexibility index (Phi) is 5.11. The van der Waals surface area contributed by atoms with Gasteiger partial charge in [0, 0.05) is 17.7 Å². The third kappa shape index (κ3) is 4.19. The first-order chi connectivity index (χ1) is 14.1. The third-order valence-corrected chi connectivity index (χ3v) is 4.28. The Morgan fingerprint density at radius 3 is 2.48 bits per heavy atom. The minimum absolute atomic E-state index is 0.145. The summed E-state index contributed by atoms with van der Waals surface area (Å²) < 4.78 is 12.2. The molecule has 2 aromatic carbocycles. The van der Waals surface area contributed by atoms with Crippen LogP contribution in [0.1, 0.15) is 17.4 Å². The minimum Gasteiger partial charge on any atom is -0.490 e. The van der Waals surface area contributed by atoms with Crippen molar-refractivity contribution < 1.29 is 14.3 Å². The van der Waals surface area contributed by atoms with Crippen LogP contribution in [0.15, 0.2) is 77.6 Å². The summed E-state index contributed by atoms with van der Waals surface area (Å²) in [7, 11) is 0. The second-order valence-corrected chi connectivity index (χ2v) is 6.55. The molecular weight excluding hydrogens is 370 g/mol. The number of H-pyrrole nitrogens is 1. The van der Waals surface area contributed by atoms with Crippen LogP contribution in [-0.2, 0) is 4.74 Å². The second-order valence-electron chi connectivity index (χ2n) is 6.55. The fourth-order valence-corrected chi connectivity index (χ4v) is 2.86. The first kappa shape index (κ1) is 18.5. The van der Waals surface area contributed by atoms with Gasteiger partial charge in [-0.2, -0.15) is 0 Å². The first-order valence-electron chi connectivity index (χ1n) is 9.17. The third-order valence-electron chi connectivity index (χ3n) is 4.28. The van der Waals surface area contributed by atoms with Gasteiger partial charge in [0.2, 0.25) is 0 Å². The van der Waals surface area contributed by atoms with Crippen molar-refractivity contribution in [3.8, 4) is 17.0 Å². The van der Waals surface area contributed by atoms with Crippen LogP contribution in [0.5, 0.6) is 5.75 Å². The fourth-order valence-electron chi connectivity index (χ4n) is 2.86. The van der Waals surface area contributed by atoms with Crippen molar-refractivity contribution in [2.45, 2.75) is 13.0 Å². The summed E-state index contributed by atoms with van der Waals surface area (Å²) in [5.41, 5.74) is 1.54. The molecule has 0 aliphatic carbocycles. The van der Waals surface area contributed by atoms with Crippen LogP contribution in [0, 0.1) is 0 Å². The summed E-state index contributed by atoms with van der Waals surface area (Å²) in [5.74, 6) is 0.116. The Morgan fingerprint density at radius 2 is 1.76 bits per heavy atom. The number of carbonyl (C=O) groups excluding carboxylic acids is 1. The lowest BCUT2D eigenvalue weighted by atomic mass is 10.1. The van der Waals surface area contributed by atoms with Crippen LogP contribution >= 0.6 is 0 Å². The highest BCUT2D eigenvalue weighted by Crippen LogP contribution is 2.16. The van der Waals surface area contributed by atoms with Gasteiger partial charge in [0.1, 0.15) is 24.2 Å². The molecule has 1 unspecified atom stereocenters. The summed E-state index contributed by atoms with van der Waals surface area (Å²) in [4.78, 5) is 29.3. The molecular formula is C22H19N3O4. The number of ether oxygens (including phenoxy) is 2. The van der Waals surface area contributed by atoms with Gasteiger partial charge in [-0.15, -0.1) is 0 Å². The Morgan fingerprint density at radius 1 is 1.07 bits per heavy atom. The molecule has 0 radical (unpaired) electrons. The molecule has 4 aromatic rings. The highest BCUT2D eigenvalue weighted by Gasteiger charge is 2.17. The van der Waals surface area contributed by atoms with E-state index in [1.165, 1.54) is 16.6 Å². The van der Waals surface area contributed by atoms with E-state index >= 15 is 0 Å². The lowest BCUT2D eigenvalue weighted by molar-refractivity contribution is 0.0221. The minimum atomic E-state index is -0.583. The summed E-state index contributed by atoms with van der Waals surface area (Å²) in [5, 5.41) is 2.75. The van der Waals surface area contributed by atoms with E-state index < -0.39 is 12.1 Å². The Balaban J connectivity index is 1.49. The van der Waals surface area contributed by atoms with Crippen molar-refractivity contribution in [1.82, 2.24) is 14.6 Å². The predicted octanol–water partition coefficient (Wildman–Crippen LogP) is 3.31. The number of nitrogens with zero attached hydrogens (tertiary/aromatic N) is 2. The number of hydrogen-bond donors (Lipinski definition) is 1. The van der Waals surface area contributed by atoms with Gasteiger partial charge in [-0.25, -0.2) is 14.3 Å². The highest BCUT2D eigenvalue weighted by atomic mass is 16.6. The van der Waals surface area contributed by atoms with Crippen LogP contribution in [0.4, 0.5) is 0 Å². The summed E-state index contributed by atoms with van der Waals surface area (Å²) >= 11 is 0. The number of rotatable bonds is 6. The quantitative estimate of drug-likeness (QED) is 0.511. The molecule has 1 atom stereocenters. The van der Waals surface area contributed by atoms with Crippen LogP contribution in [0.2, 0.25) is 0 Å². The zero-order valence-corrected chi connectivity index (χ0v) is 15.7. The average molecular weight is 389 g/mol. The molecule has 2 heterocycles. The van der Waals surface area contributed by atoms with Crippen molar-refractivity contribution in [3.63, 3.8) is 0 Å². The molecule has 0 fully saturated rings. The molecule has 7 nitrogen and oxygen atoms in total. The number of aromatic amines is 1. The van der Waals surface area contributed by atoms with E-state index in [2.05, 4.69) is 10.1 Å². The van der Waals surface area contributed by atoms with E-state index in [0.717, 1.165) is 5.56 Å². The first-order valence-corrected chi connectivity index (χ1v) is 9.17. The maximum Gasteiger partial charge on any atom is 0.356 e. The monoisotopic (exact) mass is 389 g/mol. The van der Waals surface area contributed by atoms with E-state index in [1.807, 2.05) is 60.7 Å².